The van der Waals surface area contributed by atoms with Crippen LogP contribution in [0.25, 0.3) is 11.2 Å². The first-order valence-corrected chi connectivity index (χ1v) is 7.61. The van der Waals surface area contributed by atoms with Crippen molar-refractivity contribution in [2.45, 2.75) is 31.1 Å². The summed E-state index contributed by atoms with van der Waals surface area (Å²) in [5.74, 6) is 2.39. The maximum Gasteiger partial charge on any atom is 0.215 e. The number of anilines is 1. The Hall–Kier alpha value is -1.43. The number of ether oxygens (including phenoxy) is 1. The maximum atomic E-state index is 6.02. The first kappa shape index (κ1) is 12.6. The fourth-order valence-corrected chi connectivity index (χ4v) is 3.74. The van der Waals surface area contributed by atoms with Crippen LogP contribution in [0.15, 0.2) is 12.1 Å². The Balaban J connectivity index is 1.94. The number of hydrogen-bond acceptors (Lipinski definition) is 5. The summed E-state index contributed by atoms with van der Waals surface area (Å²) >= 11 is 2.03. The zero-order chi connectivity index (χ0) is 13.2. The third-order valence-corrected chi connectivity index (χ3v) is 4.85. The topological polar surface area (TPSA) is 66.0 Å². The quantitative estimate of drug-likeness (QED) is 0.933. The van der Waals surface area contributed by atoms with Gasteiger partial charge in [-0.25, -0.2) is 4.98 Å². The molecule has 2 aromatic rings. The third-order valence-electron chi connectivity index (χ3n) is 3.47. The number of methoxy groups -OCH3 is 1. The minimum atomic E-state index is 0.543. The summed E-state index contributed by atoms with van der Waals surface area (Å²) < 4.78 is 7.19. The van der Waals surface area contributed by atoms with Gasteiger partial charge in [-0.1, -0.05) is 6.42 Å². The van der Waals surface area contributed by atoms with Crippen LogP contribution >= 0.6 is 11.8 Å². The number of imidazole rings is 1. The average molecular weight is 278 g/mol. The van der Waals surface area contributed by atoms with Gasteiger partial charge in [-0.05, 0) is 24.7 Å². The summed E-state index contributed by atoms with van der Waals surface area (Å²) in [4.78, 5) is 8.84. The van der Waals surface area contributed by atoms with Gasteiger partial charge in [0.2, 0.25) is 11.8 Å². The standard InChI is InChI=1S/C13H18N4OS/c1-18-11-6-5-10-12(16-11)17(13(14)15-10)8-9-4-2-3-7-19-9/h5-6,9H,2-4,7-8H2,1H3,(H2,14,15). The van der Waals surface area contributed by atoms with Crippen LogP contribution in [0.3, 0.4) is 0 Å². The van der Waals surface area contributed by atoms with E-state index >= 15 is 0 Å². The van der Waals surface area contributed by atoms with Gasteiger partial charge in [0.1, 0.15) is 5.52 Å². The molecule has 0 radical (unpaired) electrons. The van der Waals surface area contributed by atoms with Crippen molar-refractivity contribution in [3.63, 3.8) is 0 Å². The Labute approximate surface area is 116 Å². The Morgan fingerprint density at radius 2 is 2.32 bits per heavy atom. The van der Waals surface area contributed by atoms with Crippen molar-refractivity contribution in [1.29, 1.82) is 0 Å². The molecule has 6 heteroatoms. The lowest BCUT2D eigenvalue weighted by atomic mass is 10.2. The molecule has 1 saturated heterocycles. The Morgan fingerprint density at radius 1 is 1.42 bits per heavy atom. The molecular formula is C13H18N4OS. The highest BCUT2D eigenvalue weighted by Crippen LogP contribution is 2.28. The molecule has 102 valence electrons. The molecule has 0 bridgehead atoms. The predicted molar refractivity (Wildman–Crippen MR) is 78.6 cm³/mol. The number of pyridine rings is 1. The van der Waals surface area contributed by atoms with Crippen LogP contribution in [0.1, 0.15) is 19.3 Å². The Kier molecular flexibility index (Phi) is 3.50. The number of hydrogen-bond donors (Lipinski definition) is 1. The highest BCUT2D eigenvalue weighted by Gasteiger charge is 2.18. The number of nitrogen functional groups attached to an aromatic ring is 1. The van der Waals surface area contributed by atoms with E-state index < -0.39 is 0 Å². The predicted octanol–water partition coefficient (Wildman–Crippen LogP) is 2.31. The maximum absolute atomic E-state index is 6.02. The molecule has 0 amide bonds. The number of aromatic nitrogens is 3. The van der Waals surface area contributed by atoms with E-state index in [1.165, 1.54) is 25.0 Å². The molecule has 19 heavy (non-hydrogen) atoms. The highest BCUT2D eigenvalue weighted by molar-refractivity contribution is 7.99. The molecule has 0 aliphatic carbocycles. The summed E-state index contributed by atoms with van der Waals surface area (Å²) in [6.45, 7) is 0.882. The van der Waals surface area contributed by atoms with Gasteiger partial charge in [-0.15, -0.1) is 0 Å². The van der Waals surface area contributed by atoms with Crippen molar-refractivity contribution in [2.75, 3.05) is 18.6 Å². The summed E-state index contributed by atoms with van der Waals surface area (Å²) in [5, 5.41) is 0.612. The molecular weight excluding hydrogens is 260 g/mol. The lowest BCUT2D eigenvalue weighted by molar-refractivity contribution is 0.399. The van der Waals surface area contributed by atoms with Crippen molar-refractivity contribution in [3.8, 4) is 5.88 Å². The third kappa shape index (κ3) is 2.49. The molecule has 5 nitrogen and oxygen atoms in total. The normalized spacial score (nSPS) is 19.7. The molecule has 1 aliphatic rings. The average Bonchev–Trinajstić information content (AvgIpc) is 2.76. The van der Waals surface area contributed by atoms with E-state index in [0.717, 1.165) is 17.7 Å². The van der Waals surface area contributed by atoms with Crippen LogP contribution in [-0.2, 0) is 6.54 Å². The molecule has 2 N–H and O–H groups in total. The molecule has 0 aromatic carbocycles. The molecule has 3 rings (SSSR count). The zero-order valence-corrected chi connectivity index (χ0v) is 11.8. The second kappa shape index (κ2) is 5.28. The molecule has 0 saturated carbocycles. The van der Waals surface area contributed by atoms with Crippen LogP contribution in [0.5, 0.6) is 5.88 Å². The molecule has 2 aromatic heterocycles. The number of nitrogens with two attached hydrogens (primary N) is 1. The summed E-state index contributed by atoms with van der Waals surface area (Å²) in [6.07, 6.45) is 3.88. The highest BCUT2D eigenvalue weighted by atomic mass is 32.2. The van der Waals surface area contributed by atoms with Gasteiger partial charge in [-0.3, -0.25) is 4.57 Å². The summed E-state index contributed by atoms with van der Waals surface area (Å²) in [6, 6.07) is 3.72. The zero-order valence-electron chi connectivity index (χ0n) is 11.0. The van der Waals surface area contributed by atoms with E-state index in [-0.39, 0.29) is 0 Å². The molecule has 1 atom stereocenters. The van der Waals surface area contributed by atoms with Crippen molar-refractivity contribution in [3.05, 3.63) is 12.1 Å². The first-order valence-electron chi connectivity index (χ1n) is 6.56. The first-order chi connectivity index (χ1) is 9.28. The van der Waals surface area contributed by atoms with Crippen LogP contribution in [0.4, 0.5) is 5.95 Å². The molecule has 0 spiro atoms. The molecule has 1 fully saturated rings. The Morgan fingerprint density at radius 3 is 3.05 bits per heavy atom. The van der Waals surface area contributed by atoms with Gasteiger partial charge in [0.05, 0.1) is 7.11 Å². The summed E-state index contributed by atoms with van der Waals surface area (Å²) in [7, 11) is 1.62. The van der Waals surface area contributed by atoms with Gasteiger partial charge < -0.3 is 10.5 Å². The van der Waals surface area contributed by atoms with Crippen LogP contribution in [0, 0.1) is 0 Å². The minimum absolute atomic E-state index is 0.543. The monoisotopic (exact) mass is 278 g/mol. The lowest BCUT2D eigenvalue weighted by Gasteiger charge is -2.22. The van der Waals surface area contributed by atoms with Gasteiger partial charge >= 0.3 is 0 Å². The molecule has 1 unspecified atom stereocenters. The number of rotatable bonds is 3. The van der Waals surface area contributed by atoms with Gasteiger partial charge in [-0.2, -0.15) is 16.7 Å². The van der Waals surface area contributed by atoms with Crippen molar-refractivity contribution >= 4 is 28.9 Å². The fourth-order valence-electron chi connectivity index (χ4n) is 2.45. The van der Waals surface area contributed by atoms with Gasteiger partial charge in [0.15, 0.2) is 5.65 Å². The van der Waals surface area contributed by atoms with Crippen molar-refractivity contribution in [1.82, 2.24) is 14.5 Å². The fraction of sp³-hybridized carbons (Fsp3) is 0.538. The largest absolute Gasteiger partial charge is 0.481 e. The van der Waals surface area contributed by atoms with Gasteiger partial charge in [0, 0.05) is 17.9 Å². The van der Waals surface area contributed by atoms with Gasteiger partial charge in [0.25, 0.3) is 0 Å². The van der Waals surface area contributed by atoms with Crippen molar-refractivity contribution in [2.24, 2.45) is 0 Å². The minimum Gasteiger partial charge on any atom is -0.481 e. The Bertz CT molecular complexity index is 577. The smallest absolute Gasteiger partial charge is 0.215 e. The summed E-state index contributed by atoms with van der Waals surface area (Å²) in [5.41, 5.74) is 7.68. The van der Waals surface area contributed by atoms with E-state index in [4.69, 9.17) is 10.5 Å². The number of thioether (sulfide) groups is 1. The second-order valence-electron chi connectivity index (χ2n) is 4.77. The lowest BCUT2D eigenvalue weighted by Crippen LogP contribution is -2.18. The van der Waals surface area contributed by atoms with Crippen LogP contribution in [0.2, 0.25) is 0 Å². The van der Waals surface area contributed by atoms with E-state index in [1.54, 1.807) is 7.11 Å². The number of fused-ring (bicyclic) bond motifs is 1. The van der Waals surface area contributed by atoms with E-state index in [1.807, 2.05) is 28.5 Å². The SMILES string of the molecule is COc1ccc2nc(N)n(CC3CCCCS3)c2n1. The van der Waals surface area contributed by atoms with Crippen molar-refractivity contribution < 1.29 is 4.74 Å². The number of nitrogens with zero attached hydrogens (tertiary/aromatic N) is 3. The van der Waals surface area contributed by atoms with Crippen LogP contribution in [-0.4, -0.2) is 32.6 Å². The van der Waals surface area contributed by atoms with E-state index in [9.17, 15) is 0 Å². The second-order valence-corrected chi connectivity index (χ2v) is 6.17. The molecule has 1 aliphatic heterocycles. The van der Waals surface area contributed by atoms with Crippen LogP contribution < -0.4 is 10.5 Å². The van der Waals surface area contributed by atoms with E-state index in [0.29, 0.717) is 17.1 Å². The molecule has 3 heterocycles. The van der Waals surface area contributed by atoms with E-state index in [2.05, 4.69) is 9.97 Å².